The molecule has 0 fully saturated rings. The Balaban J connectivity index is 1.05. The van der Waals surface area contributed by atoms with Crippen molar-refractivity contribution >= 4 is 65.6 Å². The fraction of sp³-hybridized carbons (Fsp3) is 0.0392. The molecule has 0 N–H and O–H groups in total. The molecule has 270 valence electrons. The number of thiophene rings is 1. The van der Waals surface area contributed by atoms with Crippen LogP contribution in [0.1, 0.15) is 17.7 Å². The van der Waals surface area contributed by atoms with Gasteiger partial charge in [-0.2, -0.15) is 0 Å². The quantitative estimate of drug-likeness (QED) is 0.163. The van der Waals surface area contributed by atoms with Gasteiger partial charge in [0.1, 0.15) is 0 Å². The van der Waals surface area contributed by atoms with Gasteiger partial charge in [0.05, 0.1) is 5.52 Å². The minimum atomic E-state index is 0.659. The van der Waals surface area contributed by atoms with Crippen molar-refractivity contribution < 1.29 is 0 Å². The largest absolute Gasteiger partial charge is 0.310 e. The molecule has 0 atom stereocenters. The Kier molecular flexibility index (Phi) is 8.07. The molecule has 57 heavy (non-hydrogen) atoms. The van der Waals surface area contributed by atoms with Crippen molar-refractivity contribution in [2.45, 2.75) is 12.8 Å². The van der Waals surface area contributed by atoms with E-state index in [1.165, 1.54) is 42.3 Å². The van der Waals surface area contributed by atoms with Crippen molar-refractivity contribution in [3.8, 4) is 39.9 Å². The summed E-state index contributed by atoms with van der Waals surface area (Å²) in [6.45, 7) is 0. The van der Waals surface area contributed by atoms with Gasteiger partial charge in [0, 0.05) is 70.7 Å². The lowest BCUT2D eigenvalue weighted by atomic mass is 10.0. The zero-order valence-electron chi connectivity index (χ0n) is 31.0. The molecule has 0 amide bonds. The summed E-state index contributed by atoms with van der Waals surface area (Å²) in [5, 5.41) is 3.71. The Morgan fingerprint density at radius 3 is 1.67 bits per heavy atom. The van der Waals surface area contributed by atoms with E-state index in [1.807, 2.05) is 72.0 Å². The third kappa shape index (κ3) is 5.90. The Labute approximate surface area is 334 Å². The van der Waals surface area contributed by atoms with Crippen LogP contribution in [0.15, 0.2) is 182 Å². The normalized spacial score (nSPS) is 12.4. The highest BCUT2D eigenvalue weighted by molar-refractivity contribution is 7.25. The van der Waals surface area contributed by atoms with E-state index in [0.717, 1.165) is 52.3 Å². The minimum absolute atomic E-state index is 0.659. The van der Waals surface area contributed by atoms with E-state index in [4.69, 9.17) is 15.0 Å². The first-order chi connectivity index (χ1) is 28.2. The van der Waals surface area contributed by atoms with E-state index in [2.05, 4.69) is 137 Å². The van der Waals surface area contributed by atoms with Gasteiger partial charge in [-0.25, -0.2) is 15.0 Å². The second-order valence-corrected chi connectivity index (χ2v) is 15.5. The number of aromatic nitrogens is 4. The fourth-order valence-electron chi connectivity index (χ4n) is 8.22. The maximum absolute atomic E-state index is 5.04. The average Bonchev–Trinajstić information content (AvgIpc) is 3.82. The molecule has 0 saturated heterocycles. The molecule has 0 saturated carbocycles. The van der Waals surface area contributed by atoms with E-state index < -0.39 is 0 Å². The minimum Gasteiger partial charge on any atom is -0.310 e. The van der Waals surface area contributed by atoms with Gasteiger partial charge in [0.15, 0.2) is 17.5 Å². The lowest BCUT2D eigenvalue weighted by Gasteiger charge is -2.25. The van der Waals surface area contributed by atoms with Crippen molar-refractivity contribution in [2.75, 3.05) is 4.90 Å². The Bertz CT molecular complexity index is 3020. The van der Waals surface area contributed by atoms with Gasteiger partial charge in [0.2, 0.25) is 0 Å². The summed E-state index contributed by atoms with van der Waals surface area (Å²) in [5.41, 5.74) is 11.3. The molecular weight excluding hydrogens is 715 g/mol. The van der Waals surface area contributed by atoms with Gasteiger partial charge in [0.25, 0.3) is 0 Å². The van der Waals surface area contributed by atoms with Crippen LogP contribution < -0.4 is 4.90 Å². The molecule has 0 unspecified atom stereocenters. The van der Waals surface area contributed by atoms with Crippen molar-refractivity contribution in [1.82, 2.24) is 19.5 Å². The summed E-state index contributed by atoms with van der Waals surface area (Å²) in [6.07, 6.45) is 6.66. The summed E-state index contributed by atoms with van der Waals surface area (Å²) < 4.78 is 4.94. The maximum Gasteiger partial charge on any atom is 0.164 e. The third-order valence-electron chi connectivity index (χ3n) is 10.9. The number of nitrogens with zero attached hydrogens (tertiary/aromatic N) is 5. The molecule has 1 aliphatic rings. The first-order valence-corrected chi connectivity index (χ1v) is 20.1. The Hall–Kier alpha value is -7.15. The molecule has 3 aromatic heterocycles. The van der Waals surface area contributed by atoms with Crippen LogP contribution in [-0.4, -0.2) is 19.5 Å². The van der Waals surface area contributed by atoms with E-state index in [-0.39, 0.29) is 0 Å². The van der Waals surface area contributed by atoms with Crippen LogP contribution >= 0.6 is 11.3 Å². The molecule has 1 aliphatic carbocycles. The van der Waals surface area contributed by atoms with E-state index in [1.54, 1.807) is 0 Å². The zero-order chi connectivity index (χ0) is 37.7. The summed E-state index contributed by atoms with van der Waals surface area (Å²) in [6, 6.07) is 62.1. The standard InChI is InChI=1S/C51H35N5S/c1-5-15-34(16-6-1)49-52-50(35-17-7-2-8-18-35)54-51(53-49)36-25-29-47-43(31-36)44-33-40(27-30-48(44)57-47)56-45-24-14-13-23-41(45)42-32-39(26-28-46(42)56)55(37-19-9-3-10-20-37)38-21-11-4-12-22-38/h1-12,14-22,24-33H,13,23H2. The monoisotopic (exact) mass is 749 g/mol. The molecule has 0 spiro atoms. The molecule has 11 rings (SSSR count). The van der Waals surface area contributed by atoms with E-state index in [0.29, 0.717) is 17.5 Å². The van der Waals surface area contributed by atoms with Crippen molar-refractivity contribution in [2.24, 2.45) is 0 Å². The van der Waals surface area contributed by atoms with Crippen LogP contribution in [-0.2, 0) is 6.42 Å². The number of aryl methyl sites for hydroxylation is 1. The first-order valence-electron chi connectivity index (χ1n) is 19.3. The van der Waals surface area contributed by atoms with Crippen molar-refractivity contribution in [1.29, 1.82) is 0 Å². The summed E-state index contributed by atoms with van der Waals surface area (Å²) >= 11 is 1.82. The molecule has 0 radical (unpaired) electrons. The number of rotatable bonds is 7. The van der Waals surface area contributed by atoms with Crippen LogP contribution in [0.25, 0.3) is 77.0 Å². The molecule has 7 aromatic carbocycles. The second-order valence-electron chi connectivity index (χ2n) is 14.4. The van der Waals surface area contributed by atoms with Crippen molar-refractivity contribution in [3.05, 3.63) is 193 Å². The van der Waals surface area contributed by atoms with Gasteiger partial charge in [-0.15, -0.1) is 11.3 Å². The predicted molar refractivity (Wildman–Crippen MR) is 238 cm³/mol. The number of hydrogen-bond acceptors (Lipinski definition) is 5. The fourth-order valence-corrected chi connectivity index (χ4v) is 9.29. The van der Waals surface area contributed by atoms with Crippen LogP contribution in [0.4, 0.5) is 17.1 Å². The highest BCUT2D eigenvalue weighted by Gasteiger charge is 2.22. The lowest BCUT2D eigenvalue weighted by molar-refractivity contribution is 0.968. The molecule has 5 nitrogen and oxygen atoms in total. The zero-order valence-corrected chi connectivity index (χ0v) is 31.8. The lowest BCUT2D eigenvalue weighted by Crippen LogP contribution is -2.09. The van der Waals surface area contributed by atoms with Gasteiger partial charge in [-0.05, 0) is 103 Å². The summed E-state index contributed by atoms with van der Waals surface area (Å²) in [5.74, 6) is 1.98. The van der Waals surface area contributed by atoms with Crippen LogP contribution in [0.3, 0.4) is 0 Å². The van der Waals surface area contributed by atoms with Gasteiger partial charge >= 0.3 is 0 Å². The van der Waals surface area contributed by atoms with Crippen LogP contribution in [0.5, 0.6) is 0 Å². The summed E-state index contributed by atoms with van der Waals surface area (Å²) in [4.78, 5) is 17.3. The average molecular weight is 750 g/mol. The highest BCUT2D eigenvalue weighted by atomic mass is 32.1. The molecule has 0 bridgehead atoms. The summed E-state index contributed by atoms with van der Waals surface area (Å²) in [7, 11) is 0. The van der Waals surface area contributed by atoms with E-state index >= 15 is 0 Å². The molecule has 3 heterocycles. The number of allylic oxidation sites excluding steroid dienone is 1. The predicted octanol–water partition coefficient (Wildman–Crippen LogP) is 13.6. The van der Waals surface area contributed by atoms with Crippen LogP contribution in [0, 0.1) is 0 Å². The number of fused-ring (bicyclic) bond motifs is 6. The highest BCUT2D eigenvalue weighted by Crippen LogP contribution is 2.42. The second kappa shape index (κ2) is 13.9. The SMILES string of the molecule is C1=Cc2c(c3cc(N(c4ccccc4)c4ccccc4)ccc3n2-c2ccc3sc4ccc(-c5nc(-c6ccccc6)nc(-c6ccccc6)n5)cc4c3c2)CC1. The molecule has 10 aromatic rings. The van der Waals surface area contributed by atoms with E-state index in [9.17, 15) is 0 Å². The van der Waals surface area contributed by atoms with Crippen molar-refractivity contribution in [3.63, 3.8) is 0 Å². The Morgan fingerprint density at radius 1 is 0.474 bits per heavy atom. The van der Waals surface area contributed by atoms with Gasteiger partial charge < -0.3 is 9.47 Å². The number of para-hydroxylation sites is 2. The first kappa shape index (κ1) is 33.2. The third-order valence-corrected chi connectivity index (χ3v) is 12.0. The van der Waals surface area contributed by atoms with Gasteiger partial charge in [-0.3, -0.25) is 0 Å². The van der Waals surface area contributed by atoms with Gasteiger partial charge in [-0.1, -0.05) is 103 Å². The maximum atomic E-state index is 5.04. The topological polar surface area (TPSA) is 46.8 Å². The Morgan fingerprint density at radius 2 is 1.04 bits per heavy atom. The smallest absolute Gasteiger partial charge is 0.164 e. The number of hydrogen-bond donors (Lipinski definition) is 0. The number of benzene rings is 7. The molecule has 0 aliphatic heterocycles. The molecule has 6 heteroatoms. The van der Waals surface area contributed by atoms with Crippen LogP contribution in [0.2, 0.25) is 0 Å². The molecular formula is C51H35N5S. The number of anilines is 3.